The number of amides is 1. The van der Waals surface area contributed by atoms with Gasteiger partial charge >= 0.3 is 0 Å². The topological polar surface area (TPSA) is 41.1 Å². The molecule has 1 aromatic carbocycles. The Bertz CT molecular complexity index is 516. The van der Waals surface area contributed by atoms with Crippen LogP contribution in [0.3, 0.4) is 0 Å². The third-order valence-electron chi connectivity index (χ3n) is 3.91. The third-order valence-corrected chi connectivity index (χ3v) is 5.69. The second kappa shape index (κ2) is 6.65. The van der Waals surface area contributed by atoms with Gasteiger partial charge < -0.3 is 10.6 Å². The predicted molar refractivity (Wildman–Crippen MR) is 87.6 cm³/mol. The Labute approximate surface area is 137 Å². The lowest BCUT2D eigenvalue weighted by Gasteiger charge is -2.35. The van der Waals surface area contributed by atoms with Crippen molar-refractivity contribution in [3.05, 3.63) is 26.7 Å². The van der Waals surface area contributed by atoms with E-state index in [0.717, 1.165) is 25.8 Å². The van der Waals surface area contributed by atoms with Crippen molar-refractivity contribution in [2.75, 3.05) is 18.4 Å². The molecule has 1 amide bonds. The fourth-order valence-electron chi connectivity index (χ4n) is 2.50. The number of hydrogen-bond donors (Lipinski definition) is 2. The van der Waals surface area contributed by atoms with Gasteiger partial charge in [0.15, 0.2) is 0 Å². The SMILES string of the molecule is CCC1(C(=O)Nc2ccc(Br)c(Cl)c2Cl)CCCNC1. The van der Waals surface area contributed by atoms with Crippen LogP contribution in [0.2, 0.25) is 10.0 Å². The molecule has 0 aromatic heterocycles. The molecular weight excluding hydrogens is 363 g/mol. The van der Waals surface area contributed by atoms with E-state index >= 15 is 0 Å². The standard InChI is InChI=1S/C14H17BrCl2N2O/c1-2-14(6-3-7-18-8-14)13(20)19-10-5-4-9(15)11(16)12(10)17/h4-5,18H,2-3,6-8H2,1H3,(H,19,20). The van der Waals surface area contributed by atoms with Crippen LogP contribution in [0.25, 0.3) is 0 Å². The molecule has 0 aliphatic carbocycles. The summed E-state index contributed by atoms with van der Waals surface area (Å²) in [5.41, 5.74) is 0.199. The second-order valence-corrected chi connectivity index (χ2v) is 6.70. The lowest BCUT2D eigenvalue weighted by atomic mass is 9.77. The van der Waals surface area contributed by atoms with Crippen molar-refractivity contribution in [1.29, 1.82) is 0 Å². The Balaban J connectivity index is 2.21. The predicted octanol–water partition coefficient (Wildman–Crippen LogP) is 4.47. The summed E-state index contributed by atoms with van der Waals surface area (Å²) in [4.78, 5) is 12.6. The maximum atomic E-state index is 12.6. The minimum Gasteiger partial charge on any atom is -0.324 e. The van der Waals surface area contributed by atoms with Crippen LogP contribution in [0.4, 0.5) is 5.69 Å². The summed E-state index contributed by atoms with van der Waals surface area (Å²) in [5, 5.41) is 7.00. The summed E-state index contributed by atoms with van der Waals surface area (Å²) in [6, 6.07) is 3.54. The lowest BCUT2D eigenvalue weighted by molar-refractivity contribution is -0.126. The van der Waals surface area contributed by atoms with Gasteiger partial charge in [-0.2, -0.15) is 0 Å². The van der Waals surface area contributed by atoms with Crippen molar-refractivity contribution in [3.8, 4) is 0 Å². The molecular formula is C14H17BrCl2N2O. The van der Waals surface area contributed by atoms with E-state index in [1.54, 1.807) is 12.1 Å². The number of carbonyl (C=O) groups is 1. The number of halogens is 3. The van der Waals surface area contributed by atoms with Crippen molar-refractivity contribution in [1.82, 2.24) is 5.32 Å². The molecule has 1 heterocycles. The van der Waals surface area contributed by atoms with Gasteiger partial charge in [0.2, 0.25) is 5.91 Å². The van der Waals surface area contributed by atoms with Crippen LogP contribution in [-0.4, -0.2) is 19.0 Å². The summed E-state index contributed by atoms with van der Waals surface area (Å²) in [5.74, 6) is 0.00693. The number of nitrogens with one attached hydrogen (secondary N) is 2. The molecule has 1 unspecified atom stereocenters. The average molecular weight is 380 g/mol. The molecule has 0 radical (unpaired) electrons. The molecule has 0 saturated carbocycles. The van der Waals surface area contributed by atoms with Gasteiger partial charge in [-0.15, -0.1) is 0 Å². The zero-order valence-corrected chi connectivity index (χ0v) is 14.3. The second-order valence-electron chi connectivity index (χ2n) is 5.09. The first-order valence-corrected chi connectivity index (χ1v) is 8.21. The average Bonchev–Trinajstić information content (AvgIpc) is 2.48. The normalized spacial score (nSPS) is 22.6. The quantitative estimate of drug-likeness (QED) is 0.760. The van der Waals surface area contributed by atoms with Crippen LogP contribution in [-0.2, 0) is 4.79 Å². The highest BCUT2D eigenvalue weighted by atomic mass is 79.9. The molecule has 2 N–H and O–H groups in total. The van der Waals surface area contributed by atoms with E-state index in [1.807, 2.05) is 6.92 Å². The smallest absolute Gasteiger partial charge is 0.231 e. The van der Waals surface area contributed by atoms with Crippen LogP contribution in [0.15, 0.2) is 16.6 Å². The fraction of sp³-hybridized carbons (Fsp3) is 0.500. The molecule has 110 valence electrons. The van der Waals surface area contributed by atoms with Crippen LogP contribution >= 0.6 is 39.1 Å². The highest BCUT2D eigenvalue weighted by Crippen LogP contribution is 2.38. The molecule has 1 aliphatic heterocycles. The van der Waals surface area contributed by atoms with Crippen LogP contribution < -0.4 is 10.6 Å². The highest BCUT2D eigenvalue weighted by molar-refractivity contribution is 9.10. The van der Waals surface area contributed by atoms with Crippen LogP contribution in [0, 0.1) is 5.41 Å². The molecule has 3 nitrogen and oxygen atoms in total. The van der Waals surface area contributed by atoms with Crippen molar-refractivity contribution in [2.24, 2.45) is 5.41 Å². The molecule has 1 aromatic rings. The maximum absolute atomic E-state index is 12.6. The van der Waals surface area contributed by atoms with E-state index in [4.69, 9.17) is 23.2 Å². The summed E-state index contributed by atoms with van der Waals surface area (Å²) in [6.07, 6.45) is 2.70. The molecule has 1 atom stereocenters. The van der Waals surface area contributed by atoms with Gasteiger partial charge in [0.05, 0.1) is 21.1 Å². The number of piperidine rings is 1. The Hall–Kier alpha value is -0.290. The van der Waals surface area contributed by atoms with Gasteiger partial charge in [-0.1, -0.05) is 30.1 Å². The first kappa shape index (κ1) is 16.1. The summed E-state index contributed by atoms with van der Waals surface area (Å²) >= 11 is 15.6. The Morgan fingerprint density at radius 2 is 2.20 bits per heavy atom. The first-order chi connectivity index (χ1) is 9.50. The number of benzene rings is 1. The summed E-state index contributed by atoms with van der Waals surface area (Å²) < 4.78 is 0.715. The molecule has 2 rings (SSSR count). The highest BCUT2D eigenvalue weighted by Gasteiger charge is 2.38. The van der Waals surface area contributed by atoms with Gasteiger partial charge in [0.1, 0.15) is 0 Å². The summed E-state index contributed by atoms with van der Waals surface area (Å²) in [6.45, 7) is 3.72. The van der Waals surface area contributed by atoms with E-state index in [0.29, 0.717) is 26.8 Å². The van der Waals surface area contributed by atoms with E-state index in [2.05, 4.69) is 26.6 Å². The van der Waals surface area contributed by atoms with E-state index in [9.17, 15) is 4.79 Å². The zero-order valence-electron chi connectivity index (χ0n) is 11.2. The van der Waals surface area contributed by atoms with Crippen molar-refractivity contribution in [3.63, 3.8) is 0 Å². The fourth-order valence-corrected chi connectivity index (χ4v) is 3.32. The largest absolute Gasteiger partial charge is 0.324 e. The first-order valence-electron chi connectivity index (χ1n) is 6.66. The molecule has 1 aliphatic rings. The van der Waals surface area contributed by atoms with Gasteiger partial charge in [-0.05, 0) is 53.9 Å². The van der Waals surface area contributed by atoms with Gasteiger partial charge in [0.25, 0.3) is 0 Å². The van der Waals surface area contributed by atoms with Crippen LogP contribution in [0.5, 0.6) is 0 Å². The van der Waals surface area contributed by atoms with Gasteiger partial charge in [-0.3, -0.25) is 4.79 Å². The van der Waals surface area contributed by atoms with Crippen molar-refractivity contribution >= 4 is 50.7 Å². The number of rotatable bonds is 3. The maximum Gasteiger partial charge on any atom is 0.231 e. The minimum atomic E-state index is -0.360. The molecule has 1 fully saturated rings. The Morgan fingerprint density at radius 3 is 2.80 bits per heavy atom. The van der Waals surface area contributed by atoms with Gasteiger partial charge in [0, 0.05) is 11.0 Å². The molecule has 1 saturated heterocycles. The Morgan fingerprint density at radius 1 is 1.45 bits per heavy atom. The third kappa shape index (κ3) is 3.14. The number of carbonyl (C=O) groups excluding carboxylic acids is 1. The number of anilines is 1. The van der Waals surface area contributed by atoms with Gasteiger partial charge in [-0.25, -0.2) is 0 Å². The van der Waals surface area contributed by atoms with Crippen LogP contribution in [0.1, 0.15) is 26.2 Å². The van der Waals surface area contributed by atoms with E-state index in [1.165, 1.54) is 0 Å². The molecule has 20 heavy (non-hydrogen) atoms. The lowest BCUT2D eigenvalue weighted by Crippen LogP contribution is -2.47. The zero-order chi connectivity index (χ0) is 14.8. The monoisotopic (exact) mass is 378 g/mol. The molecule has 0 bridgehead atoms. The van der Waals surface area contributed by atoms with Crippen molar-refractivity contribution < 1.29 is 4.79 Å². The Kier molecular flexibility index (Phi) is 5.35. The minimum absolute atomic E-state index is 0.00693. The van der Waals surface area contributed by atoms with E-state index in [-0.39, 0.29) is 11.3 Å². The number of hydrogen-bond acceptors (Lipinski definition) is 2. The summed E-state index contributed by atoms with van der Waals surface area (Å²) in [7, 11) is 0. The van der Waals surface area contributed by atoms with E-state index < -0.39 is 0 Å². The molecule has 6 heteroatoms. The molecule has 0 spiro atoms. The van der Waals surface area contributed by atoms with Crippen molar-refractivity contribution in [2.45, 2.75) is 26.2 Å².